The van der Waals surface area contributed by atoms with E-state index in [-0.39, 0.29) is 11.9 Å². The lowest BCUT2D eigenvalue weighted by Gasteiger charge is -2.16. The minimum absolute atomic E-state index is 0.302. The fraction of sp³-hybridized carbons (Fsp3) is 0.333. The molecule has 1 amide bonds. The van der Waals surface area contributed by atoms with E-state index < -0.39 is 12.7 Å². The summed E-state index contributed by atoms with van der Waals surface area (Å²) in [6.45, 7) is 1.77. The molecule has 0 aromatic heterocycles. The first kappa shape index (κ1) is 19.6. The van der Waals surface area contributed by atoms with Crippen molar-refractivity contribution in [2.75, 3.05) is 13.3 Å². The van der Waals surface area contributed by atoms with Gasteiger partial charge < -0.3 is 10.1 Å². The summed E-state index contributed by atoms with van der Waals surface area (Å²) in [7, 11) is 0. The SMILES string of the molecule is CCCCOC(=O)c1ccc(CC(CF)NC(=O)c2ccccc2)cc1. The average molecular weight is 357 g/mol. The van der Waals surface area contributed by atoms with Crippen molar-refractivity contribution in [1.29, 1.82) is 0 Å². The van der Waals surface area contributed by atoms with E-state index in [2.05, 4.69) is 5.32 Å². The number of hydrogen-bond donors (Lipinski definition) is 1. The standard InChI is InChI=1S/C21H24FNO3/c1-2-3-13-26-21(25)18-11-9-16(10-12-18)14-19(15-22)23-20(24)17-7-5-4-6-8-17/h4-12,19H,2-3,13-15H2,1H3,(H,23,24). The van der Waals surface area contributed by atoms with Crippen LogP contribution < -0.4 is 5.32 Å². The summed E-state index contributed by atoms with van der Waals surface area (Å²) in [6, 6.07) is 14.9. The van der Waals surface area contributed by atoms with Crippen LogP contribution in [-0.4, -0.2) is 31.2 Å². The van der Waals surface area contributed by atoms with Gasteiger partial charge in [-0.3, -0.25) is 4.79 Å². The second-order valence-electron chi connectivity index (χ2n) is 6.08. The van der Waals surface area contributed by atoms with Crippen molar-refractivity contribution < 1.29 is 18.7 Å². The van der Waals surface area contributed by atoms with E-state index in [1.807, 2.05) is 13.0 Å². The van der Waals surface area contributed by atoms with Gasteiger partial charge in [0.15, 0.2) is 0 Å². The molecule has 0 bridgehead atoms. The molecule has 1 atom stereocenters. The number of rotatable bonds is 9. The topological polar surface area (TPSA) is 55.4 Å². The largest absolute Gasteiger partial charge is 0.462 e. The molecule has 0 saturated carbocycles. The maximum Gasteiger partial charge on any atom is 0.338 e. The summed E-state index contributed by atoms with van der Waals surface area (Å²) in [5.41, 5.74) is 1.80. The molecule has 0 radical (unpaired) electrons. The molecule has 1 unspecified atom stereocenters. The monoisotopic (exact) mass is 357 g/mol. The van der Waals surface area contributed by atoms with Crippen LogP contribution in [0.1, 0.15) is 46.0 Å². The first-order chi connectivity index (χ1) is 12.6. The zero-order valence-corrected chi connectivity index (χ0v) is 14.9. The van der Waals surface area contributed by atoms with E-state index in [4.69, 9.17) is 4.74 Å². The van der Waals surface area contributed by atoms with Crippen LogP contribution in [0.3, 0.4) is 0 Å². The summed E-state index contributed by atoms with van der Waals surface area (Å²) in [5.74, 6) is -0.659. The third-order valence-corrected chi connectivity index (χ3v) is 3.96. The van der Waals surface area contributed by atoms with Gasteiger partial charge in [-0.2, -0.15) is 0 Å². The molecule has 26 heavy (non-hydrogen) atoms. The number of esters is 1. The van der Waals surface area contributed by atoms with Crippen molar-refractivity contribution in [3.63, 3.8) is 0 Å². The van der Waals surface area contributed by atoms with Crippen LogP contribution in [-0.2, 0) is 11.2 Å². The van der Waals surface area contributed by atoms with Crippen LogP contribution in [0, 0.1) is 0 Å². The lowest BCUT2D eigenvalue weighted by molar-refractivity contribution is 0.0499. The maximum atomic E-state index is 13.3. The number of carbonyl (C=O) groups excluding carboxylic acids is 2. The molecule has 0 saturated heterocycles. The fourth-order valence-corrected chi connectivity index (χ4v) is 2.46. The molecule has 0 aliphatic rings. The van der Waals surface area contributed by atoms with Crippen LogP contribution in [0.4, 0.5) is 4.39 Å². The highest BCUT2D eigenvalue weighted by Gasteiger charge is 2.15. The third-order valence-electron chi connectivity index (χ3n) is 3.96. The molecule has 1 N–H and O–H groups in total. The van der Waals surface area contributed by atoms with Gasteiger partial charge >= 0.3 is 5.97 Å². The van der Waals surface area contributed by atoms with E-state index in [0.29, 0.717) is 24.2 Å². The number of ether oxygens (including phenoxy) is 1. The van der Waals surface area contributed by atoms with Crippen molar-refractivity contribution in [3.8, 4) is 0 Å². The van der Waals surface area contributed by atoms with Crippen molar-refractivity contribution in [1.82, 2.24) is 5.32 Å². The van der Waals surface area contributed by atoms with Gasteiger partial charge in [-0.05, 0) is 42.7 Å². The molecule has 2 rings (SSSR count). The van der Waals surface area contributed by atoms with E-state index in [1.54, 1.807) is 48.5 Å². The number of alkyl halides is 1. The highest BCUT2D eigenvalue weighted by atomic mass is 19.1. The highest BCUT2D eigenvalue weighted by Crippen LogP contribution is 2.10. The first-order valence-electron chi connectivity index (χ1n) is 8.82. The molecule has 0 heterocycles. The van der Waals surface area contributed by atoms with Crippen molar-refractivity contribution >= 4 is 11.9 Å². The van der Waals surface area contributed by atoms with Crippen LogP contribution in [0.5, 0.6) is 0 Å². The molecule has 4 nitrogen and oxygen atoms in total. The van der Waals surface area contributed by atoms with Crippen molar-refractivity contribution in [2.45, 2.75) is 32.2 Å². The third kappa shape index (κ3) is 5.99. The Labute approximate surface area is 153 Å². The minimum atomic E-state index is -0.667. The Hall–Kier alpha value is -2.69. The molecular formula is C21H24FNO3. The molecule has 5 heteroatoms. The summed E-state index contributed by atoms with van der Waals surface area (Å²) < 4.78 is 18.5. The zero-order chi connectivity index (χ0) is 18.8. The first-order valence-corrected chi connectivity index (χ1v) is 8.82. The Morgan fingerprint density at radius 2 is 1.73 bits per heavy atom. The second kappa shape index (κ2) is 10.3. The molecule has 0 spiro atoms. The molecule has 2 aromatic rings. The highest BCUT2D eigenvalue weighted by molar-refractivity contribution is 5.94. The Bertz CT molecular complexity index is 701. The predicted octanol–water partition coefficient (Wildman–Crippen LogP) is 3.95. The predicted molar refractivity (Wildman–Crippen MR) is 99.0 cm³/mol. The number of carbonyl (C=O) groups is 2. The summed E-state index contributed by atoms with van der Waals surface area (Å²) in [4.78, 5) is 24.0. The van der Waals surface area contributed by atoms with Crippen LogP contribution in [0.25, 0.3) is 0 Å². The molecule has 2 aromatic carbocycles. The molecule has 138 valence electrons. The van der Waals surface area contributed by atoms with Gasteiger partial charge in [-0.25, -0.2) is 9.18 Å². The van der Waals surface area contributed by atoms with Crippen LogP contribution in [0.15, 0.2) is 54.6 Å². The lowest BCUT2D eigenvalue weighted by Crippen LogP contribution is -2.38. The quantitative estimate of drug-likeness (QED) is 0.546. The average Bonchev–Trinajstić information content (AvgIpc) is 2.68. The lowest BCUT2D eigenvalue weighted by atomic mass is 10.0. The molecular weight excluding hydrogens is 333 g/mol. The smallest absolute Gasteiger partial charge is 0.338 e. The summed E-state index contributed by atoms with van der Waals surface area (Å²) in [6.07, 6.45) is 2.15. The van der Waals surface area contributed by atoms with Gasteiger partial charge in [0, 0.05) is 5.56 Å². The number of unbranched alkanes of at least 4 members (excludes halogenated alkanes) is 1. The second-order valence-corrected chi connectivity index (χ2v) is 6.08. The van der Waals surface area contributed by atoms with Crippen LogP contribution >= 0.6 is 0 Å². The number of halogens is 1. The Kier molecular flexibility index (Phi) is 7.80. The van der Waals surface area contributed by atoms with Crippen molar-refractivity contribution in [3.05, 3.63) is 71.3 Å². The Morgan fingerprint density at radius 1 is 1.04 bits per heavy atom. The van der Waals surface area contributed by atoms with Gasteiger partial charge in [0.1, 0.15) is 6.67 Å². The van der Waals surface area contributed by atoms with E-state index in [1.165, 1.54) is 0 Å². The number of benzene rings is 2. The number of amides is 1. The summed E-state index contributed by atoms with van der Waals surface area (Å²) >= 11 is 0. The number of hydrogen-bond acceptors (Lipinski definition) is 3. The number of nitrogens with one attached hydrogen (secondary N) is 1. The van der Waals surface area contributed by atoms with E-state index >= 15 is 0 Å². The molecule has 0 aliphatic carbocycles. The van der Waals surface area contributed by atoms with Crippen molar-refractivity contribution in [2.24, 2.45) is 0 Å². The van der Waals surface area contributed by atoms with Crippen LogP contribution in [0.2, 0.25) is 0 Å². The van der Waals surface area contributed by atoms with E-state index in [0.717, 1.165) is 18.4 Å². The van der Waals surface area contributed by atoms with Gasteiger partial charge in [-0.15, -0.1) is 0 Å². The van der Waals surface area contributed by atoms with Gasteiger partial charge in [-0.1, -0.05) is 43.7 Å². The maximum absolute atomic E-state index is 13.3. The fourth-order valence-electron chi connectivity index (χ4n) is 2.46. The van der Waals surface area contributed by atoms with E-state index in [9.17, 15) is 14.0 Å². The van der Waals surface area contributed by atoms with Gasteiger partial charge in [0.05, 0.1) is 18.2 Å². The van der Waals surface area contributed by atoms with Gasteiger partial charge in [0.25, 0.3) is 5.91 Å². The minimum Gasteiger partial charge on any atom is -0.462 e. The Morgan fingerprint density at radius 3 is 2.35 bits per heavy atom. The van der Waals surface area contributed by atoms with Gasteiger partial charge in [0.2, 0.25) is 0 Å². The zero-order valence-electron chi connectivity index (χ0n) is 14.9. The normalized spacial score (nSPS) is 11.6. The molecule has 0 aliphatic heterocycles. The summed E-state index contributed by atoms with van der Waals surface area (Å²) in [5, 5.41) is 2.70. The molecule has 0 fully saturated rings. The Balaban J connectivity index is 1.91.